The molecule has 0 aliphatic heterocycles. The monoisotopic (exact) mass is 317 g/mol. The van der Waals surface area contributed by atoms with Gasteiger partial charge in [0.15, 0.2) is 0 Å². The third kappa shape index (κ3) is 4.44. The third-order valence-corrected chi connectivity index (χ3v) is 4.52. The van der Waals surface area contributed by atoms with Crippen LogP contribution in [0.2, 0.25) is 0 Å². The van der Waals surface area contributed by atoms with E-state index in [1.807, 2.05) is 38.1 Å². The van der Waals surface area contributed by atoms with Gasteiger partial charge in [-0.1, -0.05) is 26.0 Å². The van der Waals surface area contributed by atoms with Crippen molar-refractivity contribution < 1.29 is 4.79 Å². The number of nitrogens with zero attached hydrogens (tertiary/aromatic N) is 2. The van der Waals surface area contributed by atoms with E-state index in [-0.39, 0.29) is 11.2 Å². The Morgan fingerprint density at radius 2 is 1.82 bits per heavy atom. The highest BCUT2D eigenvalue weighted by atomic mass is 32.2. The first-order valence-corrected chi connectivity index (χ1v) is 8.64. The minimum absolute atomic E-state index is 0.0881. The van der Waals surface area contributed by atoms with Gasteiger partial charge < -0.3 is 5.32 Å². The lowest BCUT2D eigenvalue weighted by molar-refractivity contribution is -0.120. The van der Waals surface area contributed by atoms with Gasteiger partial charge in [0.2, 0.25) is 5.91 Å². The highest BCUT2D eigenvalue weighted by Gasteiger charge is 2.15. The predicted octanol–water partition coefficient (Wildman–Crippen LogP) is 3.33. The van der Waals surface area contributed by atoms with E-state index in [1.165, 1.54) is 0 Å². The second kappa shape index (κ2) is 7.58. The normalized spacial score (nSPS) is 12.6. The predicted molar refractivity (Wildman–Crippen MR) is 92.9 cm³/mol. The molecule has 0 saturated heterocycles. The molecule has 0 aliphatic carbocycles. The SMILES string of the molecule is Cc1nc2ccccc2nc1CS[C@H](C)C(=O)NCC(C)C. The Labute approximate surface area is 136 Å². The summed E-state index contributed by atoms with van der Waals surface area (Å²) in [5.74, 6) is 1.25. The number of carbonyl (C=O) groups excluding carboxylic acids is 1. The summed E-state index contributed by atoms with van der Waals surface area (Å²) in [7, 11) is 0. The summed E-state index contributed by atoms with van der Waals surface area (Å²) in [5.41, 5.74) is 3.70. The van der Waals surface area contributed by atoms with E-state index < -0.39 is 0 Å². The first kappa shape index (κ1) is 16.7. The number of hydrogen-bond acceptors (Lipinski definition) is 4. The average molecular weight is 317 g/mol. The van der Waals surface area contributed by atoms with E-state index in [0.29, 0.717) is 11.7 Å². The summed E-state index contributed by atoms with van der Waals surface area (Å²) in [6.45, 7) is 8.81. The molecule has 1 aromatic heterocycles. The molecule has 0 spiro atoms. The van der Waals surface area contributed by atoms with Crippen LogP contribution < -0.4 is 5.32 Å². The summed E-state index contributed by atoms with van der Waals surface area (Å²) < 4.78 is 0. The van der Waals surface area contributed by atoms with Crippen molar-refractivity contribution >= 4 is 28.7 Å². The van der Waals surface area contributed by atoms with Crippen molar-refractivity contribution in [3.8, 4) is 0 Å². The van der Waals surface area contributed by atoms with Crippen molar-refractivity contribution in [1.82, 2.24) is 15.3 Å². The van der Waals surface area contributed by atoms with Gasteiger partial charge in [0.05, 0.1) is 27.7 Å². The quantitative estimate of drug-likeness (QED) is 0.888. The maximum Gasteiger partial charge on any atom is 0.232 e. The maximum atomic E-state index is 12.0. The molecule has 0 fully saturated rings. The number of amides is 1. The van der Waals surface area contributed by atoms with E-state index >= 15 is 0 Å². The molecule has 0 aliphatic rings. The molecule has 1 amide bonds. The van der Waals surface area contributed by atoms with Crippen LogP contribution in [0.4, 0.5) is 0 Å². The molecule has 0 radical (unpaired) electrons. The number of hydrogen-bond donors (Lipinski definition) is 1. The molecular weight excluding hydrogens is 294 g/mol. The highest BCUT2D eigenvalue weighted by molar-refractivity contribution is 7.99. The average Bonchev–Trinajstić information content (AvgIpc) is 2.50. The minimum atomic E-state index is -0.0913. The van der Waals surface area contributed by atoms with Gasteiger partial charge in [-0.3, -0.25) is 4.79 Å². The standard InChI is InChI=1S/C17H23N3OS/c1-11(2)9-18-17(21)13(4)22-10-16-12(3)19-14-7-5-6-8-15(14)20-16/h5-8,11,13H,9-10H2,1-4H3,(H,18,21)/t13-/m1/s1. The van der Waals surface area contributed by atoms with Crippen molar-refractivity contribution in [2.45, 2.75) is 38.7 Å². The molecule has 1 N–H and O–H groups in total. The molecule has 1 heterocycles. The molecule has 2 rings (SSSR count). The Hall–Kier alpha value is -1.62. The molecule has 1 atom stereocenters. The summed E-state index contributed by atoms with van der Waals surface area (Å²) in [5, 5.41) is 2.88. The van der Waals surface area contributed by atoms with Crippen molar-refractivity contribution in [2.75, 3.05) is 6.54 Å². The second-order valence-electron chi connectivity index (χ2n) is 5.84. The number of fused-ring (bicyclic) bond motifs is 1. The van der Waals surface area contributed by atoms with Crippen LogP contribution in [0.25, 0.3) is 11.0 Å². The first-order chi connectivity index (χ1) is 10.5. The van der Waals surface area contributed by atoms with Crippen LogP contribution in [0.3, 0.4) is 0 Å². The summed E-state index contributed by atoms with van der Waals surface area (Å²) in [6.07, 6.45) is 0. The van der Waals surface area contributed by atoms with Crippen LogP contribution in [0.5, 0.6) is 0 Å². The molecule has 0 bridgehead atoms. The zero-order chi connectivity index (χ0) is 16.1. The lowest BCUT2D eigenvalue weighted by Gasteiger charge is -2.14. The first-order valence-electron chi connectivity index (χ1n) is 7.59. The molecular formula is C17H23N3OS. The molecule has 4 nitrogen and oxygen atoms in total. The number of nitrogens with one attached hydrogen (secondary N) is 1. The number of carbonyl (C=O) groups is 1. The fourth-order valence-electron chi connectivity index (χ4n) is 1.99. The van der Waals surface area contributed by atoms with Gasteiger partial charge in [-0.25, -0.2) is 9.97 Å². The van der Waals surface area contributed by atoms with Crippen molar-refractivity contribution in [1.29, 1.82) is 0 Å². The third-order valence-electron chi connectivity index (χ3n) is 3.37. The number of aryl methyl sites for hydroxylation is 1. The van der Waals surface area contributed by atoms with E-state index in [4.69, 9.17) is 0 Å². The van der Waals surface area contributed by atoms with E-state index in [9.17, 15) is 4.79 Å². The minimum Gasteiger partial charge on any atom is -0.355 e. The van der Waals surface area contributed by atoms with Gasteiger partial charge in [-0.2, -0.15) is 0 Å². The zero-order valence-electron chi connectivity index (χ0n) is 13.6. The Kier molecular flexibility index (Phi) is 5.77. The van der Waals surface area contributed by atoms with E-state index in [2.05, 4.69) is 29.1 Å². The van der Waals surface area contributed by atoms with Crippen molar-refractivity contribution in [3.63, 3.8) is 0 Å². The van der Waals surface area contributed by atoms with Gasteiger partial charge >= 0.3 is 0 Å². The summed E-state index contributed by atoms with van der Waals surface area (Å²) in [6, 6.07) is 7.86. The van der Waals surface area contributed by atoms with Crippen LogP contribution in [-0.4, -0.2) is 27.7 Å². The van der Waals surface area contributed by atoms with Gasteiger partial charge in [-0.15, -0.1) is 11.8 Å². The van der Waals surface area contributed by atoms with E-state index in [0.717, 1.165) is 29.0 Å². The molecule has 0 unspecified atom stereocenters. The van der Waals surface area contributed by atoms with Crippen LogP contribution in [0, 0.1) is 12.8 Å². The Morgan fingerprint density at radius 3 is 2.45 bits per heavy atom. The fourth-order valence-corrected chi connectivity index (χ4v) is 2.91. The maximum absolute atomic E-state index is 12.0. The number of rotatable bonds is 6. The molecule has 1 aromatic carbocycles. The molecule has 0 saturated carbocycles. The number of aromatic nitrogens is 2. The van der Waals surface area contributed by atoms with Crippen molar-refractivity contribution in [2.24, 2.45) is 5.92 Å². The molecule has 22 heavy (non-hydrogen) atoms. The Morgan fingerprint density at radius 1 is 1.18 bits per heavy atom. The summed E-state index contributed by atoms with van der Waals surface area (Å²) >= 11 is 1.60. The topological polar surface area (TPSA) is 54.9 Å². The number of benzene rings is 1. The molecule has 2 aromatic rings. The number of para-hydroxylation sites is 2. The van der Waals surface area contributed by atoms with Gasteiger partial charge in [0.25, 0.3) is 0 Å². The van der Waals surface area contributed by atoms with E-state index in [1.54, 1.807) is 11.8 Å². The smallest absolute Gasteiger partial charge is 0.232 e. The van der Waals surface area contributed by atoms with Crippen LogP contribution in [0.1, 0.15) is 32.2 Å². The lowest BCUT2D eigenvalue weighted by Crippen LogP contribution is -2.33. The van der Waals surface area contributed by atoms with Crippen LogP contribution >= 0.6 is 11.8 Å². The zero-order valence-corrected chi connectivity index (χ0v) is 14.4. The second-order valence-corrected chi connectivity index (χ2v) is 7.17. The Balaban J connectivity index is 1.99. The van der Waals surface area contributed by atoms with Gasteiger partial charge in [0.1, 0.15) is 0 Å². The van der Waals surface area contributed by atoms with Crippen molar-refractivity contribution in [3.05, 3.63) is 35.7 Å². The molecule has 5 heteroatoms. The molecule has 118 valence electrons. The number of thioether (sulfide) groups is 1. The fraction of sp³-hybridized carbons (Fsp3) is 0.471. The van der Waals surface area contributed by atoms with Crippen LogP contribution in [0.15, 0.2) is 24.3 Å². The van der Waals surface area contributed by atoms with Crippen LogP contribution in [-0.2, 0) is 10.5 Å². The van der Waals surface area contributed by atoms with Gasteiger partial charge in [0, 0.05) is 12.3 Å². The largest absolute Gasteiger partial charge is 0.355 e. The summed E-state index contributed by atoms with van der Waals surface area (Å²) in [4.78, 5) is 21.2. The van der Waals surface area contributed by atoms with Gasteiger partial charge in [-0.05, 0) is 31.9 Å². The highest BCUT2D eigenvalue weighted by Crippen LogP contribution is 2.20. The lowest BCUT2D eigenvalue weighted by atomic mass is 10.2. The Bertz CT molecular complexity index is 657.